The topological polar surface area (TPSA) is 26.3 Å². The Labute approximate surface area is 91.0 Å². The van der Waals surface area contributed by atoms with E-state index in [-0.39, 0.29) is 5.97 Å². The molecule has 0 amide bonds. The van der Waals surface area contributed by atoms with Gasteiger partial charge < -0.3 is 0 Å². The van der Waals surface area contributed by atoms with Crippen molar-refractivity contribution in [1.29, 1.82) is 0 Å². The van der Waals surface area contributed by atoms with Gasteiger partial charge in [0, 0.05) is 0 Å². The summed E-state index contributed by atoms with van der Waals surface area (Å²) < 4.78 is 5.46. The minimum absolute atomic E-state index is 0.351. The molecule has 0 saturated carbocycles. The summed E-state index contributed by atoms with van der Waals surface area (Å²) in [6, 6.07) is 6.85. The molecule has 0 aliphatic heterocycles. The number of esters is 1. The first-order valence-electron chi connectivity index (χ1n) is 3.36. The maximum absolute atomic E-state index is 11.0. The molecule has 0 atom stereocenters. The first-order chi connectivity index (χ1) is 6.15. The van der Waals surface area contributed by atoms with Gasteiger partial charge in [0.1, 0.15) is 0 Å². The van der Waals surface area contributed by atoms with E-state index in [1.807, 2.05) is 0 Å². The Kier molecular flexibility index (Phi) is 4.28. The summed E-state index contributed by atoms with van der Waals surface area (Å²) in [7, 11) is 12.9. The average Bonchev–Trinajstić information content (AvgIpc) is 2.17. The molecule has 0 unspecified atom stereocenters. The van der Waals surface area contributed by atoms with Crippen molar-refractivity contribution in [3.8, 4) is 0 Å². The van der Waals surface area contributed by atoms with Gasteiger partial charge in [0.15, 0.2) is 0 Å². The van der Waals surface area contributed by atoms with Crippen LogP contribution in [0.5, 0.6) is 0 Å². The van der Waals surface area contributed by atoms with Crippen molar-refractivity contribution in [3.63, 3.8) is 0 Å². The molecule has 0 fully saturated rings. The van der Waals surface area contributed by atoms with E-state index in [1.54, 1.807) is 24.3 Å². The minimum atomic E-state index is -1.96. The van der Waals surface area contributed by atoms with Crippen LogP contribution in [0.2, 0.25) is 0 Å². The number of hydrogen-bond donors (Lipinski definition) is 0. The predicted molar refractivity (Wildman–Crippen MR) is 62.2 cm³/mol. The van der Waals surface area contributed by atoms with Crippen molar-refractivity contribution >= 4 is 41.3 Å². The van der Waals surface area contributed by atoms with Gasteiger partial charge in [0.05, 0.1) is 0 Å². The van der Waals surface area contributed by atoms with Gasteiger partial charge >= 0.3 is 91.4 Å². The second-order valence-electron chi connectivity index (χ2n) is 2.20. The van der Waals surface area contributed by atoms with Crippen molar-refractivity contribution in [2.45, 2.75) is 0 Å². The summed E-state index contributed by atoms with van der Waals surface area (Å²) in [5.41, 5.74) is 0.511. The molecule has 2 nitrogen and oxygen atoms in total. The number of hydrogen-bond acceptors (Lipinski definition) is 2. The van der Waals surface area contributed by atoms with Crippen LogP contribution in [-0.4, -0.2) is 13.1 Å². The van der Waals surface area contributed by atoms with Gasteiger partial charge in [-0.15, -0.1) is 0 Å². The zero-order valence-corrected chi connectivity index (χ0v) is 10.4. The standard InChI is InChI=1S/C8H7Cl2IO2/c1-13-8(12)6-2-4-7(5-3-6)11(9)10/h2-5H,1H3. The van der Waals surface area contributed by atoms with Crippen molar-refractivity contribution in [2.75, 3.05) is 7.11 Å². The molecular weight excluding hydrogens is 326 g/mol. The molecule has 0 bridgehead atoms. The molecule has 0 saturated heterocycles. The third kappa shape index (κ3) is 3.00. The number of rotatable bonds is 2. The van der Waals surface area contributed by atoms with E-state index in [0.717, 1.165) is 3.57 Å². The maximum atomic E-state index is 11.0. The van der Waals surface area contributed by atoms with E-state index in [2.05, 4.69) is 4.74 Å². The zero-order chi connectivity index (χ0) is 9.84. The van der Waals surface area contributed by atoms with Gasteiger partial charge in [-0.05, 0) is 0 Å². The third-order valence-corrected chi connectivity index (χ3v) is 5.30. The predicted octanol–water partition coefficient (Wildman–Crippen LogP) is 3.46. The molecule has 1 rings (SSSR count). The van der Waals surface area contributed by atoms with Gasteiger partial charge in [-0.25, -0.2) is 0 Å². The second-order valence-corrected chi connectivity index (χ2v) is 9.38. The monoisotopic (exact) mass is 332 g/mol. The van der Waals surface area contributed by atoms with Crippen molar-refractivity contribution in [1.82, 2.24) is 0 Å². The Balaban J connectivity index is 2.87. The van der Waals surface area contributed by atoms with Crippen LogP contribution in [0.3, 0.4) is 0 Å². The van der Waals surface area contributed by atoms with Crippen LogP contribution in [0.1, 0.15) is 10.4 Å². The van der Waals surface area contributed by atoms with Crippen LogP contribution in [0, 0.1) is 3.57 Å². The van der Waals surface area contributed by atoms with Gasteiger partial charge in [-0.2, -0.15) is 0 Å². The van der Waals surface area contributed by atoms with Crippen molar-refractivity contribution in [2.24, 2.45) is 0 Å². The summed E-state index contributed by atoms with van der Waals surface area (Å²) in [4.78, 5) is 11.0. The molecular formula is C8H7Cl2IO2. The summed E-state index contributed by atoms with van der Waals surface area (Å²) in [5, 5.41) is 0. The molecule has 1 aromatic rings. The van der Waals surface area contributed by atoms with E-state index < -0.39 is 17.6 Å². The Hall–Kier alpha value is -0.000000000000000111. The van der Waals surface area contributed by atoms with Crippen molar-refractivity contribution < 1.29 is 9.53 Å². The van der Waals surface area contributed by atoms with E-state index in [1.165, 1.54) is 7.11 Å². The van der Waals surface area contributed by atoms with Gasteiger partial charge in [0.2, 0.25) is 0 Å². The van der Waals surface area contributed by atoms with E-state index in [0.29, 0.717) is 5.56 Å². The van der Waals surface area contributed by atoms with Gasteiger partial charge in [-0.1, -0.05) is 0 Å². The molecule has 0 radical (unpaired) electrons. The summed E-state index contributed by atoms with van der Waals surface area (Å²) in [6.45, 7) is 0. The Morgan fingerprint density at radius 3 is 2.23 bits per heavy atom. The molecule has 0 aliphatic carbocycles. The Morgan fingerprint density at radius 2 is 1.85 bits per heavy atom. The quantitative estimate of drug-likeness (QED) is 0.612. The molecule has 0 aromatic heterocycles. The van der Waals surface area contributed by atoms with Gasteiger partial charge in [0.25, 0.3) is 0 Å². The summed E-state index contributed by atoms with van der Waals surface area (Å²) in [6.07, 6.45) is 0. The zero-order valence-electron chi connectivity index (χ0n) is 6.76. The number of methoxy groups -OCH3 is 1. The van der Waals surface area contributed by atoms with Crippen LogP contribution >= 0.6 is 35.4 Å². The summed E-state index contributed by atoms with van der Waals surface area (Å²) >= 11 is -1.96. The van der Waals surface area contributed by atoms with Crippen LogP contribution in [0.15, 0.2) is 24.3 Å². The van der Waals surface area contributed by atoms with Crippen LogP contribution in [0.25, 0.3) is 0 Å². The van der Waals surface area contributed by atoms with E-state index >= 15 is 0 Å². The second kappa shape index (κ2) is 5.02. The van der Waals surface area contributed by atoms with Gasteiger partial charge in [-0.3, -0.25) is 0 Å². The molecule has 13 heavy (non-hydrogen) atoms. The number of carbonyl (C=O) groups is 1. The number of carbonyl (C=O) groups excluding carboxylic acids is 1. The van der Waals surface area contributed by atoms with Crippen LogP contribution < -0.4 is 0 Å². The average molecular weight is 333 g/mol. The molecule has 1 aromatic carbocycles. The fraction of sp³-hybridized carbons (Fsp3) is 0.125. The number of halogens is 3. The normalized spacial score (nSPS) is 10.8. The SMILES string of the molecule is COC(=O)c1ccc(I(Cl)Cl)cc1. The molecule has 0 N–H and O–H groups in total. The summed E-state index contributed by atoms with van der Waals surface area (Å²) in [5.74, 6) is -0.351. The Bertz CT molecular complexity index is 298. The molecule has 5 heteroatoms. The third-order valence-electron chi connectivity index (χ3n) is 1.43. The Morgan fingerprint density at radius 1 is 1.31 bits per heavy atom. The molecule has 0 aliphatic rings. The van der Waals surface area contributed by atoms with Crippen molar-refractivity contribution in [3.05, 3.63) is 33.4 Å². The van der Waals surface area contributed by atoms with E-state index in [9.17, 15) is 4.79 Å². The van der Waals surface area contributed by atoms with Crippen LogP contribution in [0.4, 0.5) is 0 Å². The first kappa shape index (κ1) is 11.1. The molecule has 0 spiro atoms. The fourth-order valence-corrected chi connectivity index (χ4v) is 2.98. The number of ether oxygens (including phenoxy) is 1. The van der Waals surface area contributed by atoms with E-state index in [4.69, 9.17) is 17.8 Å². The number of benzene rings is 1. The first-order valence-corrected chi connectivity index (χ1v) is 9.91. The molecule has 72 valence electrons. The molecule has 0 heterocycles. The van der Waals surface area contributed by atoms with Crippen LogP contribution in [-0.2, 0) is 4.74 Å². The fourth-order valence-electron chi connectivity index (χ4n) is 0.799.